The molecule has 0 unspecified atom stereocenters. The summed E-state index contributed by atoms with van der Waals surface area (Å²) < 4.78 is 7.13. The molecule has 0 saturated carbocycles. The van der Waals surface area contributed by atoms with Crippen molar-refractivity contribution in [1.82, 2.24) is 25.3 Å². The zero-order valence-corrected chi connectivity index (χ0v) is 12.6. The van der Waals surface area contributed by atoms with Gasteiger partial charge in [0.05, 0.1) is 6.61 Å². The van der Waals surface area contributed by atoms with Crippen LogP contribution >= 0.6 is 0 Å². The Morgan fingerprint density at radius 3 is 3.00 bits per heavy atom. The number of nitrogens with zero attached hydrogens (tertiary/aromatic N) is 5. The molecule has 0 aliphatic rings. The highest BCUT2D eigenvalue weighted by atomic mass is 16.5. The standard InChI is InChI=1S/C15H18N6O/c1-11(2)10-22-13-5-3-4-12(8-13)9-16-14-6-7-15-17-19-20-21(15)18-14/h3-8,11H,9-10H2,1-2H3,(H,16,18). The van der Waals surface area contributed by atoms with Crippen molar-refractivity contribution in [2.24, 2.45) is 5.92 Å². The molecule has 0 radical (unpaired) electrons. The first-order valence-corrected chi connectivity index (χ1v) is 7.22. The Kier molecular flexibility index (Phi) is 4.13. The second-order valence-corrected chi connectivity index (χ2v) is 5.45. The van der Waals surface area contributed by atoms with Crippen molar-refractivity contribution < 1.29 is 4.74 Å². The van der Waals surface area contributed by atoms with Gasteiger partial charge in [0.1, 0.15) is 11.6 Å². The smallest absolute Gasteiger partial charge is 0.200 e. The number of fused-ring (bicyclic) bond motifs is 1. The molecule has 0 aliphatic heterocycles. The molecule has 0 atom stereocenters. The van der Waals surface area contributed by atoms with Crippen molar-refractivity contribution in [3.63, 3.8) is 0 Å². The molecule has 3 aromatic rings. The molecule has 7 heteroatoms. The normalized spacial score (nSPS) is 11.0. The molecule has 7 nitrogen and oxygen atoms in total. The zero-order chi connectivity index (χ0) is 15.4. The van der Waals surface area contributed by atoms with Crippen LogP contribution in [0.2, 0.25) is 0 Å². The number of hydrogen-bond acceptors (Lipinski definition) is 6. The van der Waals surface area contributed by atoms with Gasteiger partial charge < -0.3 is 10.1 Å². The molecule has 1 aromatic carbocycles. The second-order valence-electron chi connectivity index (χ2n) is 5.45. The van der Waals surface area contributed by atoms with E-state index in [0.717, 1.165) is 11.3 Å². The van der Waals surface area contributed by atoms with E-state index in [2.05, 4.69) is 39.8 Å². The van der Waals surface area contributed by atoms with Gasteiger partial charge in [0, 0.05) is 6.54 Å². The predicted molar refractivity (Wildman–Crippen MR) is 82.7 cm³/mol. The van der Waals surface area contributed by atoms with E-state index in [4.69, 9.17) is 4.74 Å². The van der Waals surface area contributed by atoms with Gasteiger partial charge in [0.15, 0.2) is 5.65 Å². The van der Waals surface area contributed by atoms with Crippen LogP contribution in [-0.2, 0) is 6.54 Å². The molecule has 3 rings (SSSR count). The fourth-order valence-electron chi connectivity index (χ4n) is 1.94. The predicted octanol–water partition coefficient (Wildman–Crippen LogP) is 2.17. The quantitative estimate of drug-likeness (QED) is 0.751. The number of tetrazole rings is 1. The summed E-state index contributed by atoms with van der Waals surface area (Å²) in [4.78, 5) is 0. The van der Waals surface area contributed by atoms with Gasteiger partial charge >= 0.3 is 0 Å². The minimum Gasteiger partial charge on any atom is -0.493 e. The molecule has 0 saturated heterocycles. The Morgan fingerprint density at radius 2 is 2.14 bits per heavy atom. The van der Waals surface area contributed by atoms with Crippen LogP contribution in [0.5, 0.6) is 5.75 Å². The van der Waals surface area contributed by atoms with E-state index in [9.17, 15) is 0 Å². The lowest BCUT2D eigenvalue weighted by atomic mass is 10.2. The molecular formula is C15H18N6O. The van der Waals surface area contributed by atoms with Crippen LogP contribution in [0.25, 0.3) is 5.65 Å². The molecular weight excluding hydrogens is 280 g/mol. The van der Waals surface area contributed by atoms with Crippen LogP contribution in [0.4, 0.5) is 5.82 Å². The number of hydrogen-bond donors (Lipinski definition) is 1. The summed E-state index contributed by atoms with van der Waals surface area (Å²) in [6.07, 6.45) is 0. The van der Waals surface area contributed by atoms with Crippen LogP contribution in [-0.4, -0.2) is 31.9 Å². The molecule has 0 spiro atoms. The molecule has 2 aromatic heterocycles. The Bertz CT molecular complexity index is 754. The largest absolute Gasteiger partial charge is 0.493 e. The number of rotatable bonds is 6. The Hall–Kier alpha value is -2.70. The van der Waals surface area contributed by atoms with Gasteiger partial charge in [0.25, 0.3) is 0 Å². The van der Waals surface area contributed by atoms with Crippen LogP contribution in [0, 0.1) is 5.92 Å². The van der Waals surface area contributed by atoms with Crippen molar-refractivity contribution in [3.05, 3.63) is 42.0 Å². The van der Waals surface area contributed by atoms with Crippen molar-refractivity contribution in [2.75, 3.05) is 11.9 Å². The van der Waals surface area contributed by atoms with E-state index in [1.165, 1.54) is 4.63 Å². The van der Waals surface area contributed by atoms with Crippen molar-refractivity contribution in [1.29, 1.82) is 0 Å². The first kappa shape index (κ1) is 14.2. The monoisotopic (exact) mass is 298 g/mol. The average Bonchev–Trinajstić information content (AvgIpc) is 2.99. The van der Waals surface area contributed by atoms with Gasteiger partial charge in [-0.3, -0.25) is 0 Å². The van der Waals surface area contributed by atoms with Gasteiger partial charge in [-0.1, -0.05) is 26.0 Å². The number of nitrogens with one attached hydrogen (secondary N) is 1. The lowest BCUT2D eigenvalue weighted by Crippen LogP contribution is -2.06. The topological polar surface area (TPSA) is 77.2 Å². The van der Waals surface area contributed by atoms with Crippen LogP contribution in [0.1, 0.15) is 19.4 Å². The highest BCUT2D eigenvalue weighted by Gasteiger charge is 2.02. The van der Waals surface area contributed by atoms with Gasteiger partial charge in [-0.15, -0.1) is 14.8 Å². The van der Waals surface area contributed by atoms with Gasteiger partial charge in [-0.05, 0) is 46.2 Å². The Balaban J connectivity index is 1.64. The molecule has 0 fully saturated rings. The van der Waals surface area contributed by atoms with Crippen LogP contribution < -0.4 is 10.1 Å². The number of benzene rings is 1. The third-order valence-electron chi connectivity index (χ3n) is 3.02. The lowest BCUT2D eigenvalue weighted by molar-refractivity contribution is 0.271. The highest BCUT2D eigenvalue weighted by molar-refractivity contribution is 5.42. The third kappa shape index (κ3) is 3.49. The highest BCUT2D eigenvalue weighted by Crippen LogP contribution is 2.15. The first-order valence-electron chi connectivity index (χ1n) is 7.22. The van der Waals surface area contributed by atoms with E-state index in [1.54, 1.807) is 0 Å². The van der Waals surface area contributed by atoms with E-state index < -0.39 is 0 Å². The molecule has 2 heterocycles. The summed E-state index contributed by atoms with van der Waals surface area (Å²) >= 11 is 0. The first-order chi connectivity index (χ1) is 10.7. The van der Waals surface area contributed by atoms with Crippen molar-refractivity contribution >= 4 is 11.5 Å². The SMILES string of the molecule is CC(C)COc1cccc(CNc2ccc3nnnn3n2)c1. The Labute approximate surface area is 128 Å². The van der Waals surface area contributed by atoms with E-state index in [-0.39, 0.29) is 0 Å². The lowest BCUT2D eigenvalue weighted by Gasteiger charge is -2.10. The Morgan fingerprint density at radius 1 is 1.23 bits per heavy atom. The minimum atomic E-state index is 0.508. The summed E-state index contributed by atoms with van der Waals surface area (Å²) in [6, 6.07) is 11.7. The minimum absolute atomic E-state index is 0.508. The van der Waals surface area contributed by atoms with Gasteiger partial charge in [-0.25, -0.2) is 0 Å². The molecule has 114 valence electrons. The average molecular weight is 298 g/mol. The van der Waals surface area contributed by atoms with Crippen LogP contribution in [0.3, 0.4) is 0 Å². The summed E-state index contributed by atoms with van der Waals surface area (Å²) in [5.41, 5.74) is 1.74. The van der Waals surface area contributed by atoms with Crippen LogP contribution in [0.15, 0.2) is 36.4 Å². The van der Waals surface area contributed by atoms with Crippen molar-refractivity contribution in [3.8, 4) is 5.75 Å². The van der Waals surface area contributed by atoms with E-state index in [0.29, 0.717) is 30.5 Å². The van der Waals surface area contributed by atoms with Gasteiger partial charge in [-0.2, -0.15) is 0 Å². The fourth-order valence-corrected chi connectivity index (χ4v) is 1.94. The second kappa shape index (κ2) is 6.38. The number of ether oxygens (including phenoxy) is 1. The molecule has 0 aliphatic carbocycles. The third-order valence-corrected chi connectivity index (χ3v) is 3.02. The number of anilines is 1. The summed E-state index contributed by atoms with van der Waals surface area (Å²) in [6.45, 7) is 5.63. The van der Waals surface area contributed by atoms with E-state index in [1.807, 2.05) is 36.4 Å². The molecule has 0 amide bonds. The van der Waals surface area contributed by atoms with E-state index >= 15 is 0 Å². The zero-order valence-electron chi connectivity index (χ0n) is 12.6. The summed E-state index contributed by atoms with van der Waals surface area (Å²) in [5, 5.41) is 18.7. The maximum atomic E-state index is 5.73. The van der Waals surface area contributed by atoms with Crippen molar-refractivity contribution in [2.45, 2.75) is 20.4 Å². The molecule has 1 N–H and O–H groups in total. The summed E-state index contributed by atoms with van der Waals surface area (Å²) in [5.74, 6) is 2.11. The van der Waals surface area contributed by atoms with Gasteiger partial charge in [0.2, 0.25) is 0 Å². The fraction of sp³-hybridized carbons (Fsp3) is 0.333. The maximum Gasteiger partial charge on any atom is 0.200 e. The number of aromatic nitrogens is 5. The molecule has 22 heavy (non-hydrogen) atoms. The molecule has 0 bridgehead atoms. The maximum absolute atomic E-state index is 5.73. The summed E-state index contributed by atoms with van der Waals surface area (Å²) in [7, 11) is 0.